The number of aromatic nitrogens is 1. The zero-order chi connectivity index (χ0) is 14.7. The van der Waals surface area contributed by atoms with Crippen LogP contribution >= 0.6 is 0 Å². The van der Waals surface area contributed by atoms with E-state index in [4.69, 9.17) is 0 Å². The van der Waals surface area contributed by atoms with E-state index in [1.165, 1.54) is 0 Å². The highest BCUT2D eigenvalue weighted by Crippen LogP contribution is 2.23. The second-order valence-electron chi connectivity index (χ2n) is 5.71. The number of piperazine rings is 2. The lowest BCUT2D eigenvalue weighted by atomic mass is 10.2. The smallest absolute Gasteiger partial charge is 0.144 e. The standard InChI is InChI=1S/C15H22N6/c1-19-6-8-20(9-7-19)14-10-13(12-16)18-15(11-14)21-4-2-17-3-5-21/h10-11,17H,2-9H2,1H3. The number of anilines is 2. The van der Waals surface area contributed by atoms with Gasteiger partial charge >= 0.3 is 0 Å². The van der Waals surface area contributed by atoms with E-state index >= 15 is 0 Å². The lowest BCUT2D eigenvalue weighted by molar-refractivity contribution is 0.313. The van der Waals surface area contributed by atoms with Crippen LogP contribution in [-0.4, -0.2) is 69.3 Å². The van der Waals surface area contributed by atoms with Crippen molar-refractivity contribution in [2.24, 2.45) is 0 Å². The largest absolute Gasteiger partial charge is 0.369 e. The molecule has 1 aromatic rings. The Labute approximate surface area is 126 Å². The second kappa shape index (κ2) is 6.29. The van der Waals surface area contributed by atoms with Gasteiger partial charge in [-0.1, -0.05) is 0 Å². The summed E-state index contributed by atoms with van der Waals surface area (Å²) in [5, 5.41) is 12.6. The highest BCUT2D eigenvalue weighted by molar-refractivity contribution is 5.58. The summed E-state index contributed by atoms with van der Waals surface area (Å²) < 4.78 is 0. The predicted molar refractivity (Wildman–Crippen MR) is 83.7 cm³/mol. The van der Waals surface area contributed by atoms with Crippen molar-refractivity contribution in [2.45, 2.75) is 0 Å². The molecule has 1 aromatic heterocycles. The molecule has 3 heterocycles. The molecule has 1 N–H and O–H groups in total. The number of hydrogen-bond acceptors (Lipinski definition) is 6. The molecule has 6 nitrogen and oxygen atoms in total. The van der Waals surface area contributed by atoms with E-state index in [1.54, 1.807) is 0 Å². The second-order valence-corrected chi connectivity index (χ2v) is 5.71. The monoisotopic (exact) mass is 286 g/mol. The third-order valence-corrected chi connectivity index (χ3v) is 4.22. The average Bonchev–Trinajstić information content (AvgIpc) is 2.56. The van der Waals surface area contributed by atoms with Crippen LogP contribution in [0.15, 0.2) is 12.1 Å². The third-order valence-electron chi connectivity index (χ3n) is 4.22. The van der Waals surface area contributed by atoms with Crippen molar-refractivity contribution in [2.75, 3.05) is 69.2 Å². The highest BCUT2D eigenvalue weighted by Gasteiger charge is 2.18. The molecule has 0 aliphatic carbocycles. The van der Waals surface area contributed by atoms with Gasteiger partial charge in [-0.3, -0.25) is 0 Å². The highest BCUT2D eigenvalue weighted by atomic mass is 15.3. The normalized spacial score (nSPS) is 20.4. The lowest BCUT2D eigenvalue weighted by Gasteiger charge is -2.35. The molecule has 6 heteroatoms. The van der Waals surface area contributed by atoms with Crippen molar-refractivity contribution < 1.29 is 0 Å². The van der Waals surface area contributed by atoms with E-state index in [0.29, 0.717) is 5.69 Å². The fourth-order valence-electron chi connectivity index (χ4n) is 2.86. The third kappa shape index (κ3) is 3.26. The molecule has 2 aliphatic heterocycles. The van der Waals surface area contributed by atoms with Crippen LogP contribution in [0.5, 0.6) is 0 Å². The van der Waals surface area contributed by atoms with E-state index < -0.39 is 0 Å². The van der Waals surface area contributed by atoms with Crippen molar-refractivity contribution in [3.8, 4) is 6.07 Å². The average molecular weight is 286 g/mol. The SMILES string of the molecule is CN1CCN(c2cc(C#N)nc(N3CCNCC3)c2)CC1. The zero-order valence-corrected chi connectivity index (χ0v) is 12.5. The zero-order valence-electron chi connectivity index (χ0n) is 12.5. The summed E-state index contributed by atoms with van der Waals surface area (Å²) in [7, 11) is 2.15. The van der Waals surface area contributed by atoms with Crippen molar-refractivity contribution in [3.05, 3.63) is 17.8 Å². The lowest BCUT2D eigenvalue weighted by Crippen LogP contribution is -2.45. The summed E-state index contributed by atoms with van der Waals surface area (Å²) in [5.41, 5.74) is 1.64. The molecule has 0 amide bonds. The van der Waals surface area contributed by atoms with Crippen LogP contribution in [0.1, 0.15) is 5.69 Å². The molecule has 2 aliphatic rings. The van der Waals surface area contributed by atoms with Crippen molar-refractivity contribution in [3.63, 3.8) is 0 Å². The minimum Gasteiger partial charge on any atom is -0.369 e. The maximum absolute atomic E-state index is 9.26. The Bertz CT molecular complexity index is 523. The van der Waals surface area contributed by atoms with Crippen LogP contribution in [0.25, 0.3) is 0 Å². The summed E-state index contributed by atoms with van der Waals surface area (Å²) in [4.78, 5) is 11.4. The van der Waals surface area contributed by atoms with Gasteiger partial charge in [0.15, 0.2) is 0 Å². The van der Waals surface area contributed by atoms with Crippen molar-refractivity contribution >= 4 is 11.5 Å². The molecular weight excluding hydrogens is 264 g/mol. The molecule has 112 valence electrons. The molecular formula is C15H22N6. The van der Waals surface area contributed by atoms with Gasteiger partial charge in [-0.15, -0.1) is 0 Å². The number of nitrogens with one attached hydrogen (secondary N) is 1. The Morgan fingerprint density at radius 3 is 2.43 bits per heavy atom. The molecule has 0 radical (unpaired) electrons. The number of nitrogens with zero attached hydrogens (tertiary/aromatic N) is 5. The first-order chi connectivity index (χ1) is 10.3. The summed E-state index contributed by atoms with van der Waals surface area (Å²) >= 11 is 0. The summed E-state index contributed by atoms with van der Waals surface area (Å²) in [6.45, 7) is 7.98. The fourth-order valence-corrected chi connectivity index (χ4v) is 2.86. The van der Waals surface area contributed by atoms with Crippen LogP contribution in [0.4, 0.5) is 11.5 Å². The summed E-state index contributed by atoms with van der Waals surface area (Å²) in [6.07, 6.45) is 0. The number of rotatable bonds is 2. The summed E-state index contributed by atoms with van der Waals surface area (Å²) in [6, 6.07) is 6.25. The first kappa shape index (κ1) is 14.1. The molecule has 0 spiro atoms. The first-order valence-corrected chi connectivity index (χ1v) is 7.57. The van der Waals surface area contributed by atoms with E-state index in [9.17, 15) is 5.26 Å². The van der Waals surface area contributed by atoms with Gasteiger partial charge in [0.1, 0.15) is 17.6 Å². The maximum Gasteiger partial charge on any atom is 0.144 e. The first-order valence-electron chi connectivity index (χ1n) is 7.57. The van der Waals surface area contributed by atoms with E-state index in [1.807, 2.05) is 6.07 Å². The summed E-state index contributed by atoms with van der Waals surface area (Å²) in [5.74, 6) is 0.935. The van der Waals surface area contributed by atoms with Crippen molar-refractivity contribution in [1.82, 2.24) is 15.2 Å². The van der Waals surface area contributed by atoms with E-state index in [-0.39, 0.29) is 0 Å². The molecule has 0 unspecified atom stereocenters. The Balaban J connectivity index is 1.84. The van der Waals surface area contributed by atoms with Gasteiger partial charge < -0.3 is 20.0 Å². The molecule has 0 bridgehead atoms. The van der Waals surface area contributed by atoms with Gasteiger partial charge in [0.25, 0.3) is 0 Å². The molecule has 2 fully saturated rings. The van der Waals surface area contributed by atoms with Crippen molar-refractivity contribution in [1.29, 1.82) is 5.26 Å². The number of likely N-dealkylation sites (N-methyl/N-ethyl adjacent to an activating group) is 1. The molecule has 2 saturated heterocycles. The van der Waals surface area contributed by atoms with Gasteiger partial charge in [-0.25, -0.2) is 4.98 Å². The Morgan fingerprint density at radius 1 is 1.05 bits per heavy atom. The van der Waals surface area contributed by atoms with Crippen LogP contribution in [0, 0.1) is 11.3 Å². The predicted octanol–water partition coefficient (Wildman–Crippen LogP) is 0.115. The maximum atomic E-state index is 9.26. The van der Waals surface area contributed by atoms with Crippen LogP contribution in [-0.2, 0) is 0 Å². The number of nitriles is 1. The van der Waals surface area contributed by atoms with Gasteiger partial charge in [0.05, 0.1) is 0 Å². The number of pyridine rings is 1. The minimum absolute atomic E-state index is 0.514. The van der Waals surface area contributed by atoms with E-state index in [0.717, 1.165) is 63.9 Å². The van der Waals surface area contributed by atoms with E-state index in [2.05, 4.69) is 44.2 Å². The topological polar surface area (TPSA) is 58.4 Å². The van der Waals surface area contributed by atoms with Gasteiger partial charge in [0.2, 0.25) is 0 Å². The van der Waals surface area contributed by atoms with Gasteiger partial charge in [-0.05, 0) is 13.1 Å². The Morgan fingerprint density at radius 2 is 1.76 bits per heavy atom. The molecule has 0 atom stereocenters. The molecule has 21 heavy (non-hydrogen) atoms. The Kier molecular flexibility index (Phi) is 4.23. The minimum atomic E-state index is 0.514. The fraction of sp³-hybridized carbons (Fsp3) is 0.600. The molecule has 3 rings (SSSR count). The quantitative estimate of drug-likeness (QED) is 0.833. The van der Waals surface area contributed by atoms with Crippen LogP contribution < -0.4 is 15.1 Å². The van der Waals surface area contributed by atoms with Gasteiger partial charge in [0, 0.05) is 64.1 Å². The van der Waals surface area contributed by atoms with Crippen LogP contribution in [0.2, 0.25) is 0 Å². The van der Waals surface area contributed by atoms with Crippen LogP contribution in [0.3, 0.4) is 0 Å². The van der Waals surface area contributed by atoms with Gasteiger partial charge in [-0.2, -0.15) is 5.26 Å². The Hall–Kier alpha value is -1.84. The number of hydrogen-bond donors (Lipinski definition) is 1. The molecule has 0 saturated carbocycles. The molecule has 0 aromatic carbocycles.